The summed E-state index contributed by atoms with van der Waals surface area (Å²) < 4.78 is 23.9. The van der Waals surface area contributed by atoms with E-state index in [9.17, 15) is 8.42 Å². The van der Waals surface area contributed by atoms with Crippen LogP contribution in [0.15, 0.2) is 6.20 Å². The predicted octanol–water partition coefficient (Wildman–Crippen LogP) is 0.818. The highest BCUT2D eigenvalue weighted by Crippen LogP contribution is 2.24. The average molecular weight is 330 g/mol. The van der Waals surface area contributed by atoms with Crippen molar-refractivity contribution < 1.29 is 8.42 Å². The Labute approximate surface area is 130 Å². The SMILES string of the molecule is CCNCc1cnc(N2CCSCC2S(C)(=O)=O)nc1C. The van der Waals surface area contributed by atoms with E-state index in [0.717, 1.165) is 30.1 Å². The lowest BCUT2D eigenvalue weighted by Gasteiger charge is -2.34. The van der Waals surface area contributed by atoms with Crippen LogP contribution in [-0.2, 0) is 16.4 Å². The summed E-state index contributed by atoms with van der Waals surface area (Å²) in [5, 5.41) is 2.71. The molecule has 118 valence electrons. The van der Waals surface area contributed by atoms with E-state index in [2.05, 4.69) is 15.3 Å². The fourth-order valence-electron chi connectivity index (χ4n) is 2.22. The van der Waals surface area contributed by atoms with Crippen LogP contribution in [0.5, 0.6) is 0 Å². The first-order valence-corrected chi connectivity index (χ1v) is 10.1. The molecule has 1 fully saturated rings. The molecule has 8 heteroatoms. The molecule has 1 unspecified atom stereocenters. The summed E-state index contributed by atoms with van der Waals surface area (Å²) in [6.07, 6.45) is 3.07. The lowest BCUT2D eigenvalue weighted by atomic mass is 10.2. The van der Waals surface area contributed by atoms with Gasteiger partial charge in [-0.25, -0.2) is 18.4 Å². The maximum absolute atomic E-state index is 11.9. The Kier molecular flexibility index (Phi) is 5.45. The zero-order valence-electron chi connectivity index (χ0n) is 12.7. The van der Waals surface area contributed by atoms with Crippen LogP contribution < -0.4 is 10.2 Å². The molecule has 1 atom stereocenters. The highest BCUT2D eigenvalue weighted by Gasteiger charge is 2.32. The largest absolute Gasteiger partial charge is 0.322 e. The molecular formula is C13H22N4O2S2. The second kappa shape index (κ2) is 6.93. The van der Waals surface area contributed by atoms with Gasteiger partial charge in [0, 0.05) is 48.3 Å². The van der Waals surface area contributed by atoms with Gasteiger partial charge in [-0.2, -0.15) is 11.8 Å². The van der Waals surface area contributed by atoms with Gasteiger partial charge in [-0.3, -0.25) is 0 Å². The van der Waals surface area contributed by atoms with Crippen molar-refractivity contribution in [1.29, 1.82) is 0 Å². The first-order valence-electron chi connectivity index (χ1n) is 7.00. The van der Waals surface area contributed by atoms with Gasteiger partial charge in [0.15, 0.2) is 9.84 Å². The van der Waals surface area contributed by atoms with Crippen molar-refractivity contribution in [3.8, 4) is 0 Å². The topological polar surface area (TPSA) is 75.2 Å². The van der Waals surface area contributed by atoms with Crippen molar-refractivity contribution >= 4 is 27.5 Å². The monoisotopic (exact) mass is 330 g/mol. The summed E-state index contributed by atoms with van der Waals surface area (Å²) >= 11 is 1.66. The van der Waals surface area contributed by atoms with Gasteiger partial charge in [-0.1, -0.05) is 6.92 Å². The smallest absolute Gasteiger partial charge is 0.226 e. The van der Waals surface area contributed by atoms with E-state index in [0.29, 0.717) is 18.2 Å². The third kappa shape index (κ3) is 4.08. The minimum Gasteiger partial charge on any atom is -0.322 e. The number of aromatic nitrogens is 2. The zero-order valence-corrected chi connectivity index (χ0v) is 14.3. The van der Waals surface area contributed by atoms with Gasteiger partial charge in [-0.15, -0.1) is 0 Å². The predicted molar refractivity (Wildman–Crippen MR) is 87.5 cm³/mol. The van der Waals surface area contributed by atoms with Crippen LogP contribution >= 0.6 is 11.8 Å². The number of aryl methyl sites for hydroxylation is 1. The van der Waals surface area contributed by atoms with E-state index in [1.165, 1.54) is 6.26 Å². The third-order valence-corrected chi connectivity index (χ3v) is 6.11. The quantitative estimate of drug-likeness (QED) is 0.856. The molecule has 2 heterocycles. The molecule has 0 radical (unpaired) electrons. The van der Waals surface area contributed by atoms with Gasteiger partial charge in [0.25, 0.3) is 0 Å². The first kappa shape index (κ1) is 16.5. The van der Waals surface area contributed by atoms with Crippen molar-refractivity contribution in [2.75, 3.05) is 35.8 Å². The molecule has 1 aliphatic rings. The fourth-order valence-corrected chi connectivity index (χ4v) is 5.03. The summed E-state index contributed by atoms with van der Waals surface area (Å²) in [5.41, 5.74) is 1.94. The highest BCUT2D eigenvalue weighted by atomic mass is 32.2. The second-order valence-corrected chi connectivity index (χ2v) is 8.47. The highest BCUT2D eigenvalue weighted by molar-refractivity contribution is 8.01. The molecule has 2 rings (SSSR count). The number of nitrogens with one attached hydrogen (secondary N) is 1. The number of hydrogen-bond donors (Lipinski definition) is 1. The van der Waals surface area contributed by atoms with Crippen molar-refractivity contribution in [3.63, 3.8) is 0 Å². The number of hydrogen-bond acceptors (Lipinski definition) is 7. The molecule has 1 saturated heterocycles. The molecule has 21 heavy (non-hydrogen) atoms. The molecular weight excluding hydrogens is 308 g/mol. The minimum absolute atomic E-state index is 0.517. The maximum atomic E-state index is 11.9. The van der Waals surface area contributed by atoms with Crippen LogP contribution in [0.2, 0.25) is 0 Å². The molecule has 1 aromatic rings. The Bertz CT molecular complexity index is 592. The van der Waals surface area contributed by atoms with Gasteiger partial charge in [0.05, 0.1) is 0 Å². The molecule has 1 aliphatic heterocycles. The Hall–Kier alpha value is -0.860. The normalized spacial score (nSPS) is 19.8. The molecule has 0 spiro atoms. The summed E-state index contributed by atoms with van der Waals surface area (Å²) in [6.45, 7) is 6.27. The molecule has 0 aliphatic carbocycles. The molecule has 1 N–H and O–H groups in total. The van der Waals surface area contributed by atoms with E-state index in [1.54, 1.807) is 18.0 Å². The average Bonchev–Trinajstić information content (AvgIpc) is 2.45. The Morgan fingerprint density at radius 1 is 1.52 bits per heavy atom. The molecule has 0 bridgehead atoms. The van der Waals surface area contributed by atoms with E-state index < -0.39 is 15.2 Å². The van der Waals surface area contributed by atoms with Crippen LogP contribution in [0.1, 0.15) is 18.2 Å². The van der Waals surface area contributed by atoms with Gasteiger partial charge in [0.2, 0.25) is 5.95 Å². The Morgan fingerprint density at radius 2 is 2.29 bits per heavy atom. The van der Waals surface area contributed by atoms with Crippen LogP contribution in [0.3, 0.4) is 0 Å². The Balaban J connectivity index is 2.25. The summed E-state index contributed by atoms with van der Waals surface area (Å²) in [7, 11) is -3.15. The molecule has 6 nitrogen and oxygen atoms in total. The summed E-state index contributed by atoms with van der Waals surface area (Å²) in [6, 6.07) is 0. The van der Waals surface area contributed by atoms with E-state index in [-0.39, 0.29) is 0 Å². The van der Waals surface area contributed by atoms with Crippen LogP contribution in [-0.4, -0.2) is 54.6 Å². The van der Waals surface area contributed by atoms with Crippen molar-refractivity contribution in [3.05, 3.63) is 17.5 Å². The van der Waals surface area contributed by atoms with Crippen LogP contribution in [0.25, 0.3) is 0 Å². The van der Waals surface area contributed by atoms with E-state index >= 15 is 0 Å². The van der Waals surface area contributed by atoms with E-state index in [4.69, 9.17) is 0 Å². The Morgan fingerprint density at radius 3 is 2.90 bits per heavy atom. The van der Waals surface area contributed by atoms with Gasteiger partial charge < -0.3 is 10.2 Å². The minimum atomic E-state index is -3.15. The third-order valence-electron chi connectivity index (χ3n) is 3.47. The number of rotatable bonds is 5. The van der Waals surface area contributed by atoms with Crippen molar-refractivity contribution in [2.24, 2.45) is 0 Å². The summed E-state index contributed by atoms with van der Waals surface area (Å²) in [5.74, 6) is 1.98. The molecule has 1 aromatic heterocycles. The van der Waals surface area contributed by atoms with Gasteiger partial charge in [-0.05, 0) is 13.5 Å². The van der Waals surface area contributed by atoms with Gasteiger partial charge >= 0.3 is 0 Å². The summed E-state index contributed by atoms with van der Waals surface area (Å²) in [4.78, 5) is 10.7. The number of nitrogens with zero attached hydrogens (tertiary/aromatic N) is 3. The second-order valence-electron chi connectivity index (χ2n) is 5.11. The lowest BCUT2D eigenvalue weighted by molar-refractivity contribution is 0.582. The molecule has 0 aromatic carbocycles. The van der Waals surface area contributed by atoms with Crippen molar-refractivity contribution in [2.45, 2.75) is 25.8 Å². The van der Waals surface area contributed by atoms with Crippen LogP contribution in [0.4, 0.5) is 5.95 Å². The lowest BCUT2D eigenvalue weighted by Crippen LogP contribution is -2.47. The molecule has 0 saturated carbocycles. The zero-order chi connectivity index (χ0) is 15.5. The van der Waals surface area contributed by atoms with E-state index in [1.807, 2.05) is 18.7 Å². The number of sulfone groups is 1. The fraction of sp³-hybridized carbons (Fsp3) is 0.692. The first-order chi connectivity index (χ1) is 9.93. The van der Waals surface area contributed by atoms with Crippen molar-refractivity contribution in [1.82, 2.24) is 15.3 Å². The molecule has 0 amide bonds. The number of anilines is 1. The van der Waals surface area contributed by atoms with Crippen LogP contribution in [0, 0.1) is 6.92 Å². The standard InChI is InChI=1S/C13H22N4O2S2/c1-4-14-7-11-8-15-13(16-10(11)2)17-5-6-20-9-12(17)21(3,18)19/h8,12,14H,4-7,9H2,1-3H3. The van der Waals surface area contributed by atoms with Gasteiger partial charge in [0.1, 0.15) is 5.37 Å². The number of thioether (sulfide) groups is 1. The maximum Gasteiger partial charge on any atom is 0.226 e.